The minimum atomic E-state index is -0.429. The molecule has 20 heavy (non-hydrogen) atoms. The number of aromatic nitrogens is 2. The summed E-state index contributed by atoms with van der Waals surface area (Å²) in [7, 11) is 3.51. The Morgan fingerprint density at radius 1 is 1.45 bits per heavy atom. The highest BCUT2D eigenvalue weighted by Crippen LogP contribution is 2.44. The summed E-state index contributed by atoms with van der Waals surface area (Å²) in [6.45, 7) is 1.80. The normalized spacial score (nSPS) is 23.9. The second-order valence-electron chi connectivity index (χ2n) is 5.40. The van der Waals surface area contributed by atoms with E-state index in [4.69, 9.17) is 16.3 Å². The number of halogens is 1. The zero-order chi connectivity index (χ0) is 14.5. The Morgan fingerprint density at radius 2 is 2.15 bits per heavy atom. The summed E-state index contributed by atoms with van der Waals surface area (Å²) in [5, 5.41) is 3.08. The van der Waals surface area contributed by atoms with E-state index in [9.17, 15) is 4.79 Å². The van der Waals surface area contributed by atoms with E-state index in [1.807, 2.05) is 11.9 Å². The number of aryl methyl sites for hydroxylation is 1. The number of nitrogens with one attached hydrogen (secondary N) is 1. The highest BCUT2D eigenvalue weighted by Gasteiger charge is 2.52. The number of amides is 1. The van der Waals surface area contributed by atoms with E-state index >= 15 is 0 Å². The SMILES string of the molecule is COC1(C2C(=O)Nc3c(C)nc(Cl)nc3N2C)CCC1. The van der Waals surface area contributed by atoms with E-state index in [-0.39, 0.29) is 17.2 Å². The van der Waals surface area contributed by atoms with Crippen LogP contribution >= 0.6 is 11.6 Å². The molecule has 1 saturated carbocycles. The molecule has 1 aliphatic carbocycles. The molecular formula is C13H17ClN4O2. The summed E-state index contributed by atoms with van der Waals surface area (Å²) >= 11 is 5.93. The number of carbonyl (C=O) groups is 1. The predicted octanol–water partition coefficient (Wildman–Crippen LogP) is 1.76. The molecule has 7 heteroatoms. The van der Waals surface area contributed by atoms with Gasteiger partial charge in [-0.25, -0.2) is 4.98 Å². The molecule has 1 fully saturated rings. The second kappa shape index (κ2) is 4.56. The Kier molecular flexibility index (Phi) is 3.10. The zero-order valence-corrected chi connectivity index (χ0v) is 12.5. The molecular weight excluding hydrogens is 280 g/mol. The first kappa shape index (κ1) is 13.6. The third-order valence-corrected chi connectivity index (χ3v) is 4.54. The quantitative estimate of drug-likeness (QED) is 0.842. The molecule has 0 aromatic carbocycles. The first-order chi connectivity index (χ1) is 9.48. The predicted molar refractivity (Wildman–Crippen MR) is 76.2 cm³/mol. The van der Waals surface area contributed by atoms with Crippen LogP contribution in [0.15, 0.2) is 0 Å². The van der Waals surface area contributed by atoms with E-state index in [0.717, 1.165) is 19.3 Å². The monoisotopic (exact) mass is 296 g/mol. The summed E-state index contributed by atoms with van der Waals surface area (Å²) < 4.78 is 5.65. The van der Waals surface area contributed by atoms with Crippen LogP contribution in [0.4, 0.5) is 11.5 Å². The molecule has 3 rings (SSSR count). The van der Waals surface area contributed by atoms with Crippen molar-refractivity contribution < 1.29 is 9.53 Å². The molecule has 1 N–H and O–H groups in total. The first-order valence-corrected chi connectivity index (χ1v) is 6.99. The minimum absolute atomic E-state index is 0.0735. The van der Waals surface area contributed by atoms with Gasteiger partial charge < -0.3 is 15.0 Å². The van der Waals surface area contributed by atoms with E-state index in [2.05, 4.69) is 15.3 Å². The van der Waals surface area contributed by atoms with Gasteiger partial charge in [0.15, 0.2) is 5.82 Å². The van der Waals surface area contributed by atoms with Gasteiger partial charge in [-0.15, -0.1) is 0 Å². The maximum Gasteiger partial charge on any atom is 0.250 e. The maximum atomic E-state index is 12.5. The minimum Gasteiger partial charge on any atom is -0.376 e. The zero-order valence-electron chi connectivity index (χ0n) is 11.7. The van der Waals surface area contributed by atoms with Crippen LogP contribution in [0.25, 0.3) is 0 Å². The van der Waals surface area contributed by atoms with E-state index in [1.165, 1.54) is 0 Å². The van der Waals surface area contributed by atoms with Crippen molar-refractivity contribution in [1.29, 1.82) is 0 Å². The van der Waals surface area contributed by atoms with Gasteiger partial charge in [0.2, 0.25) is 11.2 Å². The number of likely N-dealkylation sites (N-methyl/N-ethyl adjacent to an activating group) is 1. The number of anilines is 2. The van der Waals surface area contributed by atoms with Gasteiger partial charge in [-0.1, -0.05) is 0 Å². The van der Waals surface area contributed by atoms with Crippen molar-refractivity contribution in [3.63, 3.8) is 0 Å². The Morgan fingerprint density at radius 3 is 2.70 bits per heavy atom. The smallest absolute Gasteiger partial charge is 0.250 e. The van der Waals surface area contributed by atoms with Crippen LogP contribution in [0.1, 0.15) is 25.0 Å². The van der Waals surface area contributed by atoms with Crippen LogP contribution in [-0.2, 0) is 9.53 Å². The molecule has 1 aromatic rings. The summed E-state index contributed by atoms with van der Waals surface area (Å²) in [5.41, 5.74) is 0.865. The molecule has 0 spiro atoms. The van der Waals surface area contributed by atoms with Gasteiger partial charge in [0, 0.05) is 14.2 Å². The fraction of sp³-hybridized carbons (Fsp3) is 0.615. The molecule has 0 bridgehead atoms. The van der Waals surface area contributed by atoms with Crippen molar-refractivity contribution in [2.24, 2.45) is 0 Å². The highest BCUT2D eigenvalue weighted by molar-refractivity contribution is 6.28. The van der Waals surface area contributed by atoms with Gasteiger partial charge in [0.05, 0.1) is 11.3 Å². The maximum absolute atomic E-state index is 12.5. The van der Waals surface area contributed by atoms with Gasteiger partial charge in [-0.05, 0) is 37.8 Å². The lowest BCUT2D eigenvalue weighted by atomic mass is 9.73. The largest absolute Gasteiger partial charge is 0.376 e. The Bertz CT molecular complexity index is 568. The first-order valence-electron chi connectivity index (χ1n) is 6.61. The molecule has 1 amide bonds. The van der Waals surface area contributed by atoms with E-state index < -0.39 is 5.60 Å². The Hall–Kier alpha value is -1.40. The average Bonchev–Trinajstić information content (AvgIpc) is 2.34. The lowest BCUT2D eigenvalue weighted by molar-refractivity contribution is -0.135. The van der Waals surface area contributed by atoms with Crippen LogP contribution in [-0.4, -0.2) is 41.7 Å². The van der Waals surface area contributed by atoms with Gasteiger partial charge in [0.25, 0.3) is 0 Å². The third-order valence-electron chi connectivity index (χ3n) is 4.37. The van der Waals surface area contributed by atoms with Gasteiger partial charge in [-0.2, -0.15) is 4.98 Å². The fourth-order valence-electron chi connectivity index (χ4n) is 3.12. The van der Waals surface area contributed by atoms with Crippen LogP contribution in [0, 0.1) is 6.92 Å². The number of hydrogen-bond acceptors (Lipinski definition) is 5. The Balaban J connectivity index is 2.06. The molecule has 2 heterocycles. The molecule has 1 unspecified atom stereocenters. The number of carbonyl (C=O) groups excluding carboxylic acids is 1. The van der Waals surface area contributed by atoms with Crippen LogP contribution in [0.5, 0.6) is 0 Å². The number of ether oxygens (including phenoxy) is 1. The molecule has 0 saturated heterocycles. The molecule has 0 radical (unpaired) electrons. The number of rotatable bonds is 2. The van der Waals surface area contributed by atoms with Crippen molar-refractivity contribution in [2.45, 2.75) is 37.8 Å². The second-order valence-corrected chi connectivity index (χ2v) is 5.74. The summed E-state index contributed by atoms with van der Waals surface area (Å²) in [5.74, 6) is 0.575. The highest BCUT2D eigenvalue weighted by atomic mass is 35.5. The van der Waals surface area contributed by atoms with Crippen molar-refractivity contribution in [3.05, 3.63) is 11.0 Å². The van der Waals surface area contributed by atoms with Crippen molar-refractivity contribution in [1.82, 2.24) is 9.97 Å². The average molecular weight is 297 g/mol. The van der Waals surface area contributed by atoms with Gasteiger partial charge >= 0.3 is 0 Å². The van der Waals surface area contributed by atoms with E-state index in [0.29, 0.717) is 17.2 Å². The lowest BCUT2D eigenvalue weighted by Gasteiger charge is -2.50. The molecule has 1 atom stereocenters. The summed E-state index contributed by atoms with van der Waals surface area (Å²) in [6, 6.07) is -0.390. The summed E-state index contributed by atoms with van der Waals surface area (Å²) in [4.78, 5) is 22.7. The molecule has 1 aromatic heterocycles. The standard InChI is InChI=1S/C13H17ClN4O2/c1-7-8-10(17-12(14)15-7)18(2)9(11(19)16-8)13(20-3)5-4-6-13/h9H,4-6H2,1-3H3,(H,16,19). The van der Waals surface area contributed by atoms with E-state index in [1.54, 1.807) is 14.0 Å². The lowest BCUT2D eigenvalue weighted by Crippen LogP contribution is -2.63. The van der Waals surface area contributed by atoms with Crippen molar-refractivity contribution in [3.8, 4) is 0 Å². The number of hydrogen-bond donors (Lipinski definition) is 1. The molecule has 6 nitrogen and oxygen atoms in total. The Labute approximate surface area is 122 Å². The van der Waals surface area contributed by atoms with Gasteiger partial charge in [-0.3, -0.25) is 4.79 Å². The number of nitrogens with zero attached hydrogens (tertiary/aromatic N) is 3. The van der Waals surface area contributed by atoms with Crippen LogP contribution in [0.3, 0.4) is 0 Å². The molecule has 1 aliphatic heterocycles. The van der Waals surface area contributed by atoms with Crippen LogP contribution in [0.2, 0.25) is 5.28 Å². The topological polar surface area (TPSA) is 67.3 Å². The van der Waals surface area contributed by atoms with Crippen molar-refractivity contribution in [2.75, 3.05) is 24.4 Å². The fourth-order valence-corrected chi connectivity index (χ4v) is 3.33. The van der Waals surface area contributed by atoms with Crippen LogP contribution < -0.4 is 10.2 Å². The number of fused-ring (bicyclic) bond motifs is 1. The molecule has 2 aliphatic rings. The third kappa shape index (κ3) is 1.78. The summed E-state index contributed by atoms with van der Waals surface area (Å²) in [6.07, 6.45) is 2.82. The molecule has 108 valence electrons. The number of methoxy groups -OCH3 is 1. The van der Waals surface area contributed by atoms with Crippen molar-refractivity contribution >= 4 is 29.0 Å². The van der Waals surface area contributed by atoms with Gasteiger partial charge in [0.1, 0.15) is 11.7 Å².